The first kappa shape index (κ1) is 15.1. The summed E-state index contributed by atoms with van der Waals surface area (Å²) in [5.74, 6) is -1.63. The molecule has 2 amide bonds. The summed E-state index contributed by atoms with van der Waals surface area (Å²) in [6.45, 7) is 1.99. The van der Waals surface area contributed by atoms with Gasteiger partial charge in [-0.05, 0) is 6.92 Å². The molecule has 0 unspecified atom stereocenters. The molecule has 0 atom stereocenters. The summed E-state index contributed by atoms with van der Waals surface area (Å²) in [5, 5.41) is 0. The number of carbonyl (C=O) groups excluding carboxylic acids is 3. The Hall–Kier alpha value is -1.89. The van der Waals surface area contributed by atoms with Gasteiger partial charge in [-0.25, -0.2) is 4.79 Å². The summed E-state index contributed by atoms with van der Waals surface area (Å²) in [5.41, 5.74) is 10.00. The lowest BCUT2D eigenvalue weighted by atomic mass is 10.4. The molecule has 0 aromatic rings. The molecule has 0 spiro atoms. The van der Waals surface area contributed by atoms with Crippen LogP contribution in [0.2, 0.25) is 0 Å². The van der Waals surface area contributed by atoms with Crippen LogP contribution in [-0.4, -0.2) is 48.9 Å². The average molecular weight is 243 g/mol. The van der Waals surface area contributed by atoms with Gasteiger partial charge in [0.05, 0.1) is 19.7 Å². The van der Waals surface area contributed by atoms with Crippen LogP contribution >= 0.6 is 0 Å². The molecule has 0 heterocycles. The van der Waals surface area contributed by atoms with Crippen molar-refractivity contribution in [1.82, 2.24) is 4.90 Å². The number of nitrogens with zero attached hydrogens (tertiary/aromatic N) is 1. The minimum atomic E-state index is -0.573. The van der Waals surface area contributed by atoms with Gasteiger partial charge < -0.3 is 16.2 Å². The maximum atomic E-state index is 11.0. The molecule has 0 radical (unpaired) electrons. The molecule has 0 aromatic carbocycles. The fourth-order valence-electron chi connectivity index (χ4n) is 1.11. The van der Waals surface area contributed by atoms with E-state index >= 15 is 0 Å². The first-order valence-corrected chi connectivity index (χ1v) is 5.08. The maximum absolute atomic E-state index is 11.0. The summed E-state index contributed by atoms with van der Waals surface area (Å²) in [7, 11) is 0. The minimum absolute atomic E-state index is 0.101. The quantitative estimate of drug-likeness (QED) is 0.392. The SMILES string of the molecule is CCOC(=O)/C=C/CN(CC(N)=O)CC(N)=O. The second-order valence-corrected chi connectivity index (χ2v) is 3.26. The fourth-order valence-corrected chi connectivity index (χ4v) is 1.11. The highest BCUT2D eigenvalue weighted by Gasteiger charge is 2.09. The molecule has 0 aliphatic heterocycles. The summed E-state index contributed by atoms with van der Waals surface area (Å²) in [4.78, 5) is 33.8. The summed E-state index contributed by atoms with van der Waals surface area (Å²) in [6, 6.07) is 0. The van der Waals surface area contributed by atoms with Crippen LogP contribution in [0.15, 0.2) is 12.2 Å². The Morgan fingerprint density at radius 3 is 2.12 bits per heavy atom. The summed E-state index contributed by atoms with van der Waals surface area (Å²) >= 11 is 0. The normalized spacial score (nSPS) is 10.7. The van der Waals surface area contributed by atoms with Crippen molar-refractivity contribution in [2.45, 2.75) is 6.92 Å². The van der Waals surface area contributed by atoms with Crippen LogP contribution < -0.4 is 11.5 Å². The lowest BCUT2D eigenvalue weighted by molar-refractivity contribution is -0.137. The van der Waals surface area contributed by atoms with E-state index in [0.29, 0.717) is 0 Å². The third kappa shape index (κ3) is 9.06. The monoisotopic (exact) mass is 243 g/mol. The van der Waals surface area contributed by atoms with Crippen molar-refractivity contribution in [2.24, 2.45) is 11.5 Å². The number of esters is 1. The van der Waals surface area contributed by atoms with E-state index in [1.165, 1.54) is 17.1 Å². The number of primary amides is 2. The fraction of sp³-hybridized carbons (Fsp3) is 0.500. The Bertz CT molecular complexity index is 299. The number of hydrogen-bond donors (Lipinski definition) is 2. The van der Waals surface area contributed by atoms with E-state index in [9.17, 15) is 14.4 Å². The van der Waals surface area contributed by atoms with Crippen molar-refractivity contribution in [1.29, 1.82) is 0 Å². The molecule has 0 bridgehead atoms. The largest absolute Gasteiger partial charge is 0.463 e. The standard InChI is InChI=1S/C10H17N3O4/c1-2-17-10(16)4-3-5-13(6-8(11)14)7-9(12)15/h3-4H,2,5-7H2,1H3,(H2,11,14)(H2,12,15)/b4-3+. The first-order chi connectivity index (χ1) is 7.95. The average Bonchev–Trinajstić information content (AvgIpc) is 2.15. The molecule has 17 heavy (non-hydrogen) atoms. The Morgan fingerprint density at radius 1 is 1.18 bits per heavy atom. The van der Waals surface area contributed by atoms with E-state index in [2.05, 4.69) is 4.74 Å². The van der Waals surface area contributed by atoms with E-state index in [1.807, 2.05) is 0 Å². The molecular formula is C10H17N3O4. The zero-order chi connectivity index (χ0) is 13.3. The van der Waals surface area contributed by atoms with Gasteiger partial charge in [0.2, 0.25) is 11.8 Å². The number of carbonyl (C=O) groups is 3. The van der Waals surface area contributed by atoms with Gasteiger partial charge in [0, 0.05) is 12.6 Å². The van der Waals surface area contributed by atoms with E-state index < -0.39 is 17.8 Å². The van der Waals surface area contributed by atoms with Gasteiger partial charge in [-0.3, -0.25) is 14.5 Å². The number of ether oxygens (including phenoxy) is 1. The molecule has 7 heteroatoms. The molecule has 7 nitrogen and oxygen atoms in total. The van der Waals surface area contributed by atoms with Gasteiger partial charge in [0.25, 0.3) is 0 Å². The van der Waals surface area contributed by atoms with Crippen LogP contribution in [0, 0.1) is 0 Å². The Balaban J connectivity index is 4.19. The van der Waals surface area contributed by atoms with Crippen molar-refractivity contribution in [3.05, 3.63) is 12.2 Å². The van der Waals surface area contributed by atoms with Gasteiger partial charge >= 0.3 is 5.97 Å². The molecule has 0 aliphatic rings. The lowest BCUT2D eigenvalue weighted by Crippen LogP contribution is -2.39. The van der Waals surface area contributed by atoms with Gasteiger partial charge in [-0.15, -0.1) is 0 Å². The van der Waals surface area contributed by atoms with Crippen LogP contribution in [0.3, 0.4) is 0 Å². The molecule has 0 rings (SSSR count). The van der Waals surface area contributed by atoms with Crippen LogP contribution in [0.25, 0.3) is 0 Å². The maximum Gasteiger partial charge on any atom is 0.330 e. The Labute approximate surface area is 99.4 Å². The second-order valence-electron chi connectivity index (χ2n) is 3.26. The van der Waals surface area contributed by atoms with Crippen molar-refractivity contribution >= 4 is 17.8 Å². The highest BCUT2D eigenvalue weighted by atomic mass is 16.5. The highest BCUT2D eigenvalue weighted by molar-refractivity contribution is 5.82. The van der Waals surface area contributed by atoms with Gasteiger partial charge in [-0.1, -0.05) is 6.08 Å². The van der Waals surface area contributed by atoms with Crippen molar-refractivity contribution < 1.29 is 19.1 Å². The van der Waals surface area contributed by atoms with Crippen LogP contribution in [0.1, 0.15) is 6.92 Å². The Kier molecular flexibility index (Phi) is 7.36. The lowest BCUT2D eigenvalue weighted by Gasteiger charge is -2.16. The third-order valence-corrected chi connectivity index (χ3v) is 1.66. The zero-order valence-electron chi connectivity index (χ0n) is 9.72. The molecule has 4 N–H and O–H groups in total. The summed E-state index contributed by atoms with van der Waals surface area (Å²) in [6.07, 6.45) is 2.70. The highest BCUT2D eigenvalue weighted by Crippen LogP contribution is 1.89. The van der Waals surface area contributed by atoms with Crippen LogP contribution in [0.5, 0.6) is 0 Å². The van der Waals surface area contributed by atoms with Crippen molar-refractivity contribution in [3.63, 3.8) is 0 Å². The molecule has 0 aliphatic carbocycles. The number of amides is 2. The predicted octanol–water partition coefficient (Wildman–Crippen LogP) is -1.62. The topological polar surface area (TPSA) is 116 Å². The van der Waals surface area contributed by atoms with Crippen molar-refractivity contribution in [2.75, 3.05) is 26.2 Å². The molecule has 0 saturated carbocycles. The molecule has 0 aromatic heterocycles. The van der Waals surface area contributed by atoms with Crippen LogP contribution in [-0.2, 0) is 19.1 Å². The molecular weight excluding hydrogens is 226 g/mol. The predicted molar refractivity (Wildman–Crippen MR) is 60.6 cm³/mol. The van der Waals surface area contributed by atoms with E-state index in [4.69, 9.17) is 11.5 Å². The third-order valence-electron chi connectivity index (χ3n) is 1.66. The molecule has 96 valence electrons. The van der Waals surface area contributed by atoms with Gasteiger partial charge in [0.15, 0.2) is 0 Å². The zero-order valence-corrected chi connectivity index (χ0v) is 9.72. The number of rotatable bonds is 8. The first-order valence-electron chi connectivity index (χ1n) is 5.08. The minimum Gasteiger partial charge on any atom is -0.463 e. The smallest absolute Gasteiger partial charge is 0.330 e. The molecule has 0 fully saturated rings. The van der Waals surface area contributed by atoms with Gasteiger partial charge in [0.1, 0.15) is 0 Å². The van der Waals surface area contributed by atoms with Crippen LogP contribution in [0.4, 0.5) is 0 Å². The van der Waals surface area contributed by atoms with Crippen molar-refractivity contribution in [3.8, 4) is 0 Å². The van der Waals surface area contributed by atoms with Gasteiger partial charge in [-0.2, -0.15) is 0 Å². The van der Waals surface area contributed by atoms with E-state index in [-0.39, 0.29) is 26.2 Å². The second kappa shape index (κ2) is 8.28. The van der Waals surface area contributed by atoms with E-state index in [0.717, 1.165) is 0 Å². The van der Waals surface area contributed by atoms with E-state index in [1.54, 1.807) is 6.92 Å². The Morgan fingerprint density at radius 2 is 1.71 bits per heavy atom. The number of nitrogens with two attached hydrogens (primary N) is 2. The molecule has 0 saturated heterocycles. The summed E-state index contributed by atoms with van der Waals surface area (Å²) < 4.78 is 4.66. The number of hydrogen-bond acceptors (Lipinski definition) is 5.